The summed E-state index contributed by atoms with van der Waals surface area (Å²) in [6, 6.07) is -0.902. The van der Waals surface area contributed by atoms with E-state index >= 15 is 0 Å². The van der Waals surface area contributed by atoms with Gasteiger partial charge in [0, 0.05) is 6.42 Å². The van der Waals surface area contributed by atoms with E-state index in [0.29, 0.717) is 17.4 Å². The second-order valence-corrected chi connectivity index (χ2v) is 22.4. The first-order valence-corrected chi connectivity index (χ1v) is 30.3. The van der Waals surface area contributed by atoms with Gasteiger partial charge in [0.05, 0.1) is 39.9 Å². The lowest BCUT2D eigenvalue weighted by atomic mass is 10.0. The molecule has 0 saturated carbocycles. The molecule has 67 heavy (non-hydrogen) atoms. The van der Waals surface area contributed by atoms with Gasteiger partial charge in [0.25, 0.3) is 7.82 Å². The van der Waals surface area contributed by atoms with Crippen LogP contribution in [0.1, 0.15) is 277 Å². The van der Waals surface area contributed by atoms with Crippen molar-refractivity contribution in [1.82, 2.24) is 5.32 Å². The van der Waals surface area contributed by atoms with Crippen LogP contribution >= 0.6 is 7.82 Å². The van der Waals surface area contributed by atoms with Crippen LogP contribution in [-0.2, 0) is 18.4 Å². The SMILES string of the molecule is CCCCCCCCCCC/C=C/CC/C=C/C(O)C(COP(=O)([O-])OCC[N+](C)(C)C)NC(=O)CCCCCCCCCCCCCCCC/C=C\CCCCCCCCCCCCCC. The number of phosphoric ester groups is 1. The van der Waals surface area contributed by atoms with Gasteiger partial charge in [-0.25, -0.2) is 0 Å². The first kappa shape index (κ1) is 65.7. The minimum Gasteiger partial charge on any atom is -0.756 e. The van der Waals surface area contributed by atoms with Crippen molar-refractivity contribution in [2.45, 2.75) is 289 Å². The minimum absolute atomic E-state index is 0.00542. The highest BCUT2D eigenvalue weighted by molar-refractivity contribution is 7.45. The summed E-state index contributed by atoms with van der Waals surface area (Å²) in [4.78, 5) is 25.4. The highest BCUT2D eigenvalue weighted by Crippen LogP contribution is 2.38. The fourth-order valence-electron chi connectivity index (χ4n) is 8.52. The van der Waals surface area contributed by atoms with Gasteiger partial charge < -0.3 is 28.8 Å². The number of nitrogens with zero attached hydrogens (tertiary/aromatic N) is 1. The number of allylic oxidation sites excluding steroid dienone is 5. The molecule has 0 aromatic carbocycles. The van der Waals surface area contributed by atoms with E-state index in [-0.39, 0.29) is 12.5 Å². The van der Waals surface area contributed by atoms with Crippen molar-refractivity contribution < 1.29 is 32.9 Å². The first-order valence-electron chi connectivity index (χ1n) is 28.9. The zero-order valence-corrected chi connectivity index (χ0v) is 46.0. The summed E-state index contributed by atoms with van der Waals surface area (Å²) in [6.45, 7) is 4.65. The molecule has 2 N–H and O–H groups in total. The molecule has 1 amide bonds. The normalized spacial score (nSPS) is 14.2. The Kier molecular flexibility index (Phi) is 48.7. The molecule has 0 fully saturated rings. The summed E-state index contributed by atoms with van der Waals surface area (Å²) in [5, 5.41) is 13.8. The number of unbranched alkanes of at least 4 members (excludes halogenated alkanes) is 36. The Bertz CT molecular complexity index is 1190. The zero-order chi connectivity index (χ0) is 49.2. The molecule has 0 rings (SSSR count). The van der Waals surface area contributed by atoms with Crippen molar-refractivity contribution in [3.05, 3.63) is 36.5 Å². The molecule has 0 saturated heterocycles. The number of carbonyl (C=O) groups excluding carboxylic acids is 1. The van der Waals surface area contributed by atoms with Crippen molar-refractivity contribution in [1.29, 1.82) is 0 Å². The van der Waals surface area contributed by atoms with Crippen LogP contribution in [0.5, 0.6) is 0 Å². The van der Waals surface area contributed by atoms with E-state index in [9.17, 15) is 19.4 Å². The number of amides is 1. The molecule has 9 heteroatoms. The Labute approximate surface area is 417 Å². The number of carbonyl (C=O) groups is 1. The molecule has 8 nitrogen and oxygen atoms in total. The van der Waals surface area contributed by atoms with Crippen LogP contribution in [0.3, 0.4) is 0 Å². The maximum Gasteiger partial charge on any atom is 0.268 e. The summed E-state index contributed by atoms with van der Waals surface area (Å²) in [5.74, 6) is -0.204. The van der Waals surface area contributed by atoms with Gasteiger partial charge in [0.2, 0.25) is 5.91 Å². The van der Waals surface area contributed by atoms with Gasteiger partial charge in [-0.1, -0.05) is 249 Å². The van der Waals surface area contributed by atoms with Crippen molar-refractivity contribution in [2.24, 2.45) is 0 Å². The highest BCUT2D eigenvalue weighted by atomic mass is 31.2. The van der Waals surface area contributed by atoms with Gasteiger partial charge >= 0.3 is 0 Å². The summed E-state index contributed by atoms with van der Waals surface area (Å²) in [6.07, 6.45) is 63.8. The monoisotopic (exact) mass is 965 g/mol. The average Bonchev–Trinajstić information content (AvgIpc) is 3.29. The van der Waals surface area contributed by atoms with Crippen LogP contribution in [0.2, 0.25) is 0 Å². The molecule has 0 heterocycles. The quantitative estimate of drug-likeness (QED) is 0.0272. The van der Waals surface area contributed by atoms with Gasteiger partial charge in [-0.05, 0) is 57.8 Å². The Morgan fingerprint density at radius 2 is 0.836 bits per heavy atom. The van der Waals surface area contributed by atoms with E-state index in [1.165, 1.54) is 218 Å². The Morgan fingerprint density at radius 3 is 1.21 bits per heavy atom. The van der Waals surface area contributed by atoms with Crippen LogP contribution in [-0.4, -0.2) is 68.5 Å². The number of rotatable bonds is 53. The number of aliphatic hydroxyl groups excluding tert-OH is 1. The summed E-state index contributed by atoms with van der Waals surface area (Å²) in [7, 11) is 1.25. The summed E-state index contributed by atoms with van der Waals surface area (Å²) in [5.41, 5.74) is 0. The van der Waals surface area contributed by atoms with E-state index in [1.807, 2.05) is 27.2 Å². The highest BCUT2D eigenvalue weighted by Gasteiger charge is 2.23. The Hall–Kier alpha value is -1.28. The topological polar surface area (TPSA) is 108 Å². The van der Waals surface area contributed by atoms with Gasteiger partial charge in [0.1, 0.15) is 13.2 Å². The number of likely N-dealkylation sites (N-methyl/N-ethyl adjacent to an activating group) is 1. The smallest absolute Gasteiger partial charge is 0.268 e. The maximum atomic E-state index is 12.9. The Morgan fingerprint density at radius 1 is 0.507 bits per heavy atom. The lowest BCUT2D eigenvalue weighted by Crippen LogP contribution is -2.45. The molecule has 0 radical (unpaired) electrons. The largest absolute Gasteiger partial charge is 0.756 e. The molecule has 0 aromatic rings. The van der Waals surface area contributed by atoms with E-state index in [1.54, 1.807) is 6.08 Å². The number of nitrogens with one attached hydrogen (secondary N) is 1. The maximum absolute atomic E-state index is 12.9. The number of hydrogen-bond donors (Lipinski definition) is 2. The second-order valence-electron chi connectivity index (χ2n) is 21.0. The number of quaternary nitrogens is 1. The van der Waals surface area contributed by atoms with E-state index in [0.717, 1.165) is 38.5 Å². The molecule has 3 unspecified atom stereocenters. The van der Waals surface area contributed by atoms with Crippen LogP contribution in [0.15, 0.2) is 36.5 Å². The lowest BCUT2D eigenvalue weighted by Gasteiger charge is -2.29. The van der Waals surface area contributed by atoms with Crippen molar-refractivity contribution in [3.8, 4) is 0 Å². The van der Waals surface area contributed by atoms with Gasteiger partial charge in [-0.15, -0.1) is 0 Å². The molecule has 0 aliphatic carbocycles. The molecular formula is C58H113N2O6P. The molecule has 396 valence electrons. The van der Waals surface area contributed by atoms with Gasteiger partial charge in [-0.3, -0.25) is 9.36 Å². The Balaban J connectivity index is 4.10. The third-order valence-electron chi connectivity index (χ3n) is 13.1. The van der Waals surface area contributed by atoms with Gasteiger partial charge in [-0.2, -0.15) is 0 Å². The summed E-state index contributed by atoms with van der Waals surface area (Å²) < 4.78 is 23.3. The van der Waals surface area contributed by atoms with E-state index in [4.69, 9.17) is 9.05 Å². The minimum atomic E-state index is -4.60. The number of hydrogen-bond acceptors (Lipinski definition) is 6. The van der Waals surface area contributed by atoms with Crippen molar-refractivity contribution in [3.63, 3.8) is 0 Å². The van der Waals surface area contributed by atoms with Crippen LogP contribution < -0.4 is 10.2 Å². The predicted molar refractivity (Wildman–Crippen MR) is 288 cm³/mol. The summed E-state index contributed by atoms with van der Waals surface area (Å²) >= 11 is 0. The fourth-order valence-corrected chi connectivity index (χ4v) is 9.24. The second kappa shape index (κ2) is 49.7. The zero-order valence-electron chi connectivity index (χ0n) is 45.1. The molecule has 0 spiro atoms. The number of aliphatic hydroxyl groups is 1. The fraction of sp³-hybridized carbons (Fsp3) is 0.879. The van der Waals surface area contributed by atoms with Crippen molar-refractivity contribution >= 4 is 13.7 Å². The molecule has 0 aromatic heterocycles. The molecule has 0 aliphatic rings. The van der Waals surface area contributed by atoms with Crippen LogP contribution in [0.25, 0.3) is 0 Å². The van der Waals surface area contributed by atoms with Crippen LogP contribution in [0, 0.1) is 0 Å². The van der Waals surface area contributed by atoms with Crippen LogP contribution in [0.4, 0.5) is 0 Å². The van der Waals surface area contributed by atoms with Crippen molar-refractivity contribution in [2.75, 3.05) is 40.9 Å². The molecular weight excluding hydrogens is 852 g/mol. The molecule has 0 bridgehead atoms. The number of phosphoric acid groups is 1. The van der Waals surface area contributed by atoms with E-state index in [2.05, 4.69) is 43.5 Å². The third kappa shape index (κ3) is 52.4. The molecule has 3 atom stereocenters. The lowest BCUT2D eigenvalue weighted by molar-refractivity contribution is -0.870. The third-order valence-corrected chi connectivity index (χ3v) is 14.0. The molecule has 0 aliphatic heterocycles. The van der Waals surface area contributed by atoms with Gasteiger partial charge in [0.15, 0.2) is 0 Å². The first-order chi connectivity index (χ1) is 32.5. The standard InChI is InChI=1S/C58H113N2O6P/c1-6-8-10-12-14-16-18-20-22-23-24-25-26-27-28-29-30-31-32-33-34-35-36-38-40-42-44-46-48-50-52-58(62)59-56(55-66-67(63,64)65-54-53-60(3,4)5)57(61)51-49-47-45-43-41-39-37-21-19-17-15-13-11-9-7-2/h27-28,41,43,49,51,56-57,61H,6-26,29-40,42,44-48,50,52-55H2,1-5H3,(H-,59,62,63,64)/b28-27-,43-41+,51-49+. The predicted octanol–water partition coefficient (Wildman–Crippen LogP) is 16.7. The average molecular weight is 966 g/mol. The van der Waals surface area contributed by atoms with E-state index < -0.39 is 26.6 Å².